The van der Waals surface area contributed by atoms with Gasteiger partial charge < -0.3 is 14.8 Å². The smallest absolute Gasteiger partial charge is 0.418 e. The first kappa shape index (κ1) is 19.0. The monoisotopic (exact) mass is 402 g/mol. The maximum Gasteiger partial charge on any atom is 0.418 e. The lowest BCUT2D eigenvalue weighted by Crippen LogP contribution is -2.23. The van der Waals surface area contributed by atoms with Crippen molar-refractivity contribution in [1.82, 2.24) is 14.9 Å². The first-order valence-corrected chi connectivity index (χ1v) is 9.13. The Morgan fingerprint density at radius 2 is 1.73 bits per heavy atom. The van der Waals surface area contributed by atoms with Crippen LogP contribution in [0.15, 0.2) is 79.1 Å². The van der Waals surface area contributed by atoms with E-state index in [2.05, 4.69) is 15.6 Å². The van der Waals surface area contributed by atoms with Gasteiger partial charge in [0.15, 0.2) is 0 Å². The Labute approximate surface area is 172 Å². The molecule has 0 saturated carbocycles. The molecule has 0 spiro atoms. The van der Waals surface area contributed by atoms with E-state index >= 15 is 0 Å². The molecule has 2 heterocycles. The first-order valence-electron chi connectivity index (χ1n) is 9.13. The Bertz CT molecular complexity index is 1200. The van der Waals surface area contributed by atoms with Gasteiger partial charge in [-0.25, -0.2) is 14.6 Å². The van der Waals surface area contributed by atoms with Crippen LogP contribution in [0.5, 0.6) is 17.2 Å². The Morgan fingerprint density at radius 1 is 0.933 bits per heavy atom. The molecule has 0 unspecified atom stereocenters. The fourth-order valence-corrected chi connectivity index (χ4v) is 2.89. The molecule has 150 valence electrons. The molecule has 0 fully saturated rings. The van der Waals surface area contributed by atoms with Crippen molar-refractivity contribution in [3.05, 3.63) is 79.1 Å². The molecular formula is C22H18N4O4. The SMILES string of the molecule is CNC(=O)n1ccc2cc(Oc3ccnc(NC(=O)Oc4ccccc4)c3)ccc21. The van der Waals surface area contributed by atoms with E-state index < -0.39 is 6.09 Å². The van der Waals surface area contributed by atoms with E-state index in [-0.39, 0.29) is 6.03 Å². The van der Waals surface area contributed by atoms with Crippen molar-refractivity contribution < 1.29 is 19.1 Å². The van der Waals surface area contributed by atoms with Crippen LogP contribution in [-0.2, 0) is 0 Å². The van der Waals surface area contributed by atoms with Gasteiger partial charge in [0.1, 0.15) is 23.1 Å². The summed E-state index contributed by atoms with van der Waals surface area (Å²) in [7, 11) is 1.58. The molecular weight excluding hydrogens is 384 g/mol. The molecule has 0 bridgehead atoms. The fourth-order valence-electron chi connectivity index (χ4n) is 2.89. The van der Waals surface area contributed by atoms with Crippen LogP contribution < -0.4 is 20.1 Å². The lowest BCUT2D eigenvalue weighted by molar-refractivity contribution is 0.215. The minimum Gasteiger partial charge on any atom is -0.457 e. The number of carbonyl (C=O) groups excluding carboxylic acids is 2. The normalized spacial score (nSPS) is 10.4. The van der Waals surface area contributed by atoms with Gasteiger partial charge in [-0.3, -0.25) is 9.88 Å². The zero-order chi connectivity index (χ0) is 20.9. The van der Waals surface area contributed by atoms with E-state index in [4.69, 9.17) is 9.47 Å². The summed E-state index contributed by atoms with van der Waals surface area (Å²) in [6.07, 6.45) is 2.57. The number of hydrogen-bond acceptors (Lipinski definition) is 5. The van der Waals surface area contributed by atoms with E-state index in [0.717, 1.165) is 10.9 Å². The van der Waals surface area contributed by atoms with Gasteiger partial charge in [-0.1, -0.05) is 18.2 Å². The van der Waals surface area contributed by atoms with Gasteiger partial charge in [-0.15, -0.1) is 0 Å². The first-order chi connectivity index (χ1) is 14.6. The van der Waals surface area contributed by atoms with Gasteiger partial charge in [0, 0.05) is 30.9 Å². The molecule has 2 N–H and O–H groups in total. The second kappa shape index (κ2) is 8.36. The molecule has 0 aliphatic rings. The fraction of sp³-hybridized carbons (Fsp3) is 0.0455. The predicted molar refractivity (Wildman–Crippen MR) is 112 cm³/mol. The maximum absolute atomic E-state index is 12.0. The van der Waals surface area contributed by atoms with Crippen molar-refractivity contribution in [2.45, 2.75) is 0 Å². The van der Waals surface area contributed by atoms with Crippen LogP contribution in [0.2, 0.25) is 0 Å². The van der Waals surface area contributed by atoms with Gasteiger partial charge in [0.2, 0.25) is 0 Å². The number of ether oxygens (including phenoxy) is 2. The number of anilines is 1. The minimum absolute atomic E-state index is 0.217. The summed E-state index contributed by atoms with van der Waals surface area (Å²) in [6, 6.07) is 19.0. The molecule has 2 aromatic heterocycles. The highest BCUT2D eigenvalue weighted by Crippen LogP contribution is 2.27. The second-order valence-electron chi connectivity index (χ2n) is 6.27. The molecule has 2 amide bonds. The summed E-state index contributed by atoms with van der Waals surface area (Å²) in [4.78, 5) is 28.0. The van der Waals surface area contributed by atoms with Crippen molar-refractivity contribution in [1.29, 1.82) is 0 Å². The molecule has 0 aliphatic heterocycles. The van der Waals surface area contributed by atoms with Crippen molar-refractivity contribution in [3.8, 4) is 17.2 Å². The van der Waals surface area contributed by atoms with Crippen molar-refractivity contribution in [3.63, 3.8) is 0 Å². The Hall–Kier alpha value is -4.33. The van der Waals surface area contributed by atoms with Gasteiger partial charge in [-0.2, -0.15) is 0 Å². The number of benzene rings is 2. The molecule has 30 heavy (non-hydrogen) atoms. The van der Waals surface area contributed by atoms with Crippen molar-refractivity contribution in [2.24, 2.45) is 0 Å². The molecule has 2 aromatic carbocycles. The third-order valence-electron chi connectivity index (χ3n) is 4.25. The zero-order valence-electron chi connectivity index (χ0n) is 16.0. The molecule has 4 rings (SSSR count). The van der Waals surface area contributed by atoms with Crippen LogP contribution in [0.4, 0.5) is 15.4 Å². The Morgan fingerprint density at radius 3 is 2.53 bits per heavy atom. The van der Waals surface area contributed by atoms with Gasteiger partial charge in [-0.05, 0) is 42.5 Å². The molecule has 4 aromatic rings. The number of carbonyl (C=O) groups is 2. The van der Waals surface area contributed by atoms with Crippen LogP contribution in [0, 0.1) is 0 Å². The number of para-hydroxylation sites is 1. The van der Waals surface area contributed by atoms with Crippen molar-refractivity contribution >= 4 is 28.8 Å². The van der Waals surface area contributed by atoms with Crippen LogP contribution in [-0.4, -0.2) is 28.7 Å². The number of fused-ring (bicyclic) bond motifs is 1. The lowest BCUT2D eigenvalue weighted by atomic mass is 10.2. The Kier molecular flexibility index (Phi) is 5.29. The van der Waals surface area contributed by atoms with Crippen LogP contribution in [0.3, 0.4) is 0 Å². The summed E-state index contributed by atoms with van der Waals surface area (Å²) < 4.78 is 12.6. The van der Waals surface area contributed by atoms with Gasteiger partial charge in [0.25, 0.3) is 0 Å². The number of amides is 2. The van der Waals surface area contributed by atoms with E-state index in [1.165, 1.54) is 10.8 Å². The average Bonchev–Trinajstić information content (AvgIpc) is 3.17. The number of aromatic nitrogens is 2. The topological polar surface area (TPSA) is 94.5 Å². The number of hydrogen-bond donors (Lipinski definition) is 2. The summed E-state index contributed by atoms with van der Waals surface area (Å²) in [6.45, 7) is 0. The molecule has 0 radical (unpaired) electrons. The molecule has 0 aliphatic carbocycles. The highest BCUT2D eigenvalue weighted by atomic mass is 16.6. The van der Waals surface area contributed by atoms with E-state index in [9.17, 15) is 9.59 Å². The van der Waals surface area contributed by atoms with Crippen LogP contribution in [0.25, 0.3) is 10.9 Å². The summed E-state index contributed by atoms with van der Waals surface area (Å²) in [5.74, 6) is 1.80. The molecule has 8 nitrogen and oxygen atoms in total. The van der Waals surface area contributed by atoms with Gasteiger partial charge in [0.05, 0.1) is 5.52 Å². The number of nitrogens with zero attached hydrogens (tertiary/aromatic N) is 2. The molecule has 0 atom stereocenters. The molecule has 8 heteroatoms. The van der Waals surface area contributed by atoms with Crippen LogP contribution >= 0.6 is 0 Å². The zero-order valence-corrected chi connectivity index (χ0v) is 16.0. The molecule has 0 saturated heterocycles. The highest BCUT2D eigenvalue weighted by molar-refractivity contribution is 5.92. The highest BCUT2D eigenvalue weighted by Gasteiger charge is 2.10. The summed E-state index contributed by atoms with van der Waals surface area (Å²) in [5.41, 5.74) is 0.766. The van der Waals surface area contributed by atoms with E-state index in [1.54, 1.807) is 61.8 Å². The van der Waals surface area contributed by atoms with Crippen molar-refractivity contribution in [2.75, 3.05) is 12.4 Å². The Balaban J connectivity index is 1.46. The quantitative estimate of drug-likeness (QED) is 0.519. The second-order valence-corrected chi connectivity index (χ2v) is 6.27. The largest absolute Gasteiger partial charge is 0.457 e. The van der Waals surface area contributed by atoms with E-state index in [1.807, 2.05) is 18.2 Å². The van der Waals surface area contributed by atoms with Gasteiger partial charge >= 0.3 is 12.1 Å². The standard InChI is InChI=1S/C22H18N4O4/c1-23-21(27)26-12-10-15-13-17(7-8-19(15)26)29-18-9-11-24-20(14-18)25-22(28)30-16-5-3-2-4-6-16/h2-14H,1H3,(H,23,27)(H,24,25,28). The average molecular weight is 402 g/mol. The number of rotatable bonds is 4. The predicted octanol–water partition coefficient (Wildman–Crippen LogP) is 4.63. The number of pyridine rings is 1. The third kappa shape index (κ3) is 4.22. The maximum atomic E-state index is 12.0. The minimum atomic E-state index is -0.650. The third-order valence-corrected chi connectivity index (χ3v) is 4.25. The lowest BCUT2D eigenvalue weighted by Gasteiger charge is -2.09. The summed E-state index contributed by atoms with van der Waals surface area (Å²) >= 11 is 0. The van der Waals surface area contributed by atoms with Crippen LogP contribution in [0.1, 0.15) is 0 Å². The van der Waals surface area contributed by atoms with E-state index in [0.29, 0.717) is 23.1 Å². The summed E-state index contributed by atoms with van der Waals surface area (Å²) in [5, 5.41) is 6.02. The number of nitrogens with one attached hydrogen (secondary N) is 2.